The minimum atomic E-state index is -2.66. The number of carbonyl (C=O) groups excluding carboxylic acids is 3. The molecular weight excluding hydrogens is 542 g/mol. The Morgan fingerprint density at radius 1 is 1.12 bits per heavy atom. The van der Waals surface area contributed by atoms with Crippen LogP contribution in [-0.4, -0.2) is 93.6 Å². The number of fused-ring (bicyclic) bond motifs is 5. The van der Waals surface area contributed by atoms with E-state index >= 15 is 0 Å². The zero-order valence-corrected chi connectivity index (χ0v) is 24.4. The number of ether oxygens (including phenoxy) is 1. The van der Waals surface area contributed by atoms with Crippen molar-refractivity contribution >= 4 is 23.2 Å². The number of nitrogens with zero attached hydrogens (tertiary/aromatic N) is 2. The van der Waals surface area contributed by atoms with E-state index in [-0.39, 0.29) is 29.7 Å². The van der Waals surface area contributed by atoms with Gasteiger partial charge < -0.3 is 30.9 Å². The van der Waals surface area contributed by atoms with Crippen LogP contribution in [0.15, 0.2) is 23.0 Å². The molecule has 0 heterocycles. The number of ketones is 2. The van der Waals surface area contributed by atoms with Crippen molar-refractivity contribution in [3.8, 4) is 11.5 Å². The Kier molecular flexibility index (Phi) is 6.71. The van der Waals surface area contributed by atoms with E-state index < -0.39 is 58.0 Å². The van der Waals surface area contributed by atoms with E-state index in [4.69, 9.17) is 10.5 Å². The number of benzene rings is 1. The van der Waals surface area contributed by atoms with Crippen LogP contribution in [0.1, 0.15) is 48.8 Å². The minimum absolute atomic E-state index is 0.0327. The van der Waals surface area contributed by atoms with E-state index in [0.29, 0.717) is 29.8 Å². The highest BCUT2D eigenvalue weighted by Gasteiger charge is 2.64. The third-order valence-electron chi connectivity index (χ3n) is 10.6. The van der Waals surface area contributed by atoms with Gasteiger partial charge in [-0.15, -0.1) is 0 Å². The third kappa shape index (κ3) is 3.86. The zero-order valence-electron chi connectivity index (χ0n) is 24.4. The zero-order chi connectivity index (χ0) is 30.4. The predicted molar refractivity (Wildman–Crippen MR) is 151 cm³/mol. The number of nitrogens with two attached hydrogens (primary N) is 1. The van der Waals surface area contributed by atoms with Crippen molar-refractivity contribution < 1.29 is 39.5 Å². The number of carbonyl (C=O) groups is 3. The summed E-state index contributed by atoms with van der Waals surface area (Å²) in [6.45, 7) is 0.535. The van der Waals surface area contributed by atoms with Gasteiger partial charge in [0.1, 0.15) is 28.6 Å². The number of rotatable bonds is 6. The van der Waals surface area contributed by atoms with Gasteiger partial charge in [0.05, 0.1) is 18.7 Å². The van der Waals surface area contributed by atoms with E-state index in [1.165, 1.54) is 31.3 Å². The number of aliphatic hydroxyl groups excluding tert-OH is 2. The van der Waals surface area contributed by atoms with Crippen LogP contribution in [0.3, 0.4) is 0 Å². The Bertz CT molecular complexity index is 1460. The Balaban J connectivity index is 1.44. The van der Waals surface area contributed by atoms with Gasteiger partial charge in [-0.3, -0.25) is 24.2 Å². The standard InChI is InChI=1S/C31H39N3O8/c1-33(2)24-18-10-15-9-17-22(25(36)21(15)28(38)31(18,41)29(39)23(26(24)37)30(32)40)20(35)11-16(27(17)42-4)12-34(3)19-8-13-5-6-14(19)7-13/h11,13-15,18-19,24,35-36,39,41H,5-10,12H2,1-4H3,(H2,32,40)/t13?,14?,15-,18-,19-,24-,31-/m0/s1. The number of likely N-dealkylation sites (N-methyl/N-ethyl adjacent to an activating group) is 1. The van der Waals surface area contributed by atoms with Gasteiger partial charge in [0, 0.05) is 35.2 Å². The molecular formula is C31H39N3O8. The van der Waals surface area contributed by atoms with Crippen molar-refractivity contribution in [2.45, 2.75) is 62.8 Å². The first-order valence-corrected chi connectivity index (χ1v) is 14.6. The van der Waals surface area contributed by atoms with Crippen molar-refractivity contribution in [1.29, 1.82) is 0 Å². The quantitative estimate of drug-likeness (QED) is 0.311. The van der Waals surface area contributed by atoms with Gasteiger partial charge in [-0.1, -0.05) is 6.42 Å². The van der Waals surface area contributed by atoms with Gasteiger partial charge in [0.2, 0.25) is 5.78 Å². The van der Waals surface area contributed by atoms with Gasteiger partial charge in [-0.2, -0.15) is 0 Å². The second-order valence-corrected chi connectivity index (χ2v) is 13.1. The van der Waals surface area contributed by atoms with Crippen LogP contribution in [0.5, 0.6) is 11.5 Å². The molecule has 42 heavy (non-hydrogen) atoms. The highest BCUT2D eigenvalue weighted by atomic mass is 16.5. The summed E-state index contributed by atoms with van der Waals surface area (Å²) in [5, 5.41) is 45.4. The summed E-state index contributed by atoms with van der Waals surface area (Å²) < 4.78 is 5.87. The van der Waals surface area contributed by atoms with Gasteiger partial charge in [-0.25, -0.2) is 0 Å². The molecule has 0 aliphatic heterocycles. The fourth-order valence-electron chi connectivity index (χ4n) is 8.86. The Hall–Kier alpha value is -3.41. The summed E-state index contributed by atoms with van der Waals surface area (Å²) in [4.78, 5) is 43.3. The first-order chi connectivity index (χ1) is 19.8. The average Bonchev–Trinajstić information content (AvgIpc) is 3.54. The monoisotopic (exact) mass is 581 g/mol. The molecule has 1 amide bonds. The van der Waals surface area contributed by atoms with Crippen LogP contribution in [-0.2, 0) is 27.3 Å². The summed E-state index contributed by atoms with van der Waals surface area (Å²) in [5.41, 5.74) is 3.07. The Labute approximate surface area is 244 Å². The normalized spacial score (nSPS) is 33.8. The topological polar surface area (TPSA) is 174 Å². The molecule has 1 aromatic carbocycles. The number of methoxy groups -OCH3 is 1. The highest BCUT2D eigenvalue weighted by molar-refractivity contribution is 6.24. The lowest BCUT2D eigenvalue weighted by molar-refractivity contribution is -0.153. The van der Waals surface area contributed by atoms with Crippen molar-refractivity contribution in [3.05, 3.63) is 39.7 Å². The molecule has 11 heteroatoms. The van der Waals surface area contributed by atoms with Crippen LogP contribution < -0.4 is 10.5 Å². The Morgan fingerprint density at radius 2 is 1.83 bits per heavy atom. The summed E-state index contributed by atoms with van der Waals surface area (Å²) in [5.74, 6) is -4.73. The molecule has 0 spiro atoms. The molecule has 2 unspecified atom stereocenters. The molecule has 0 radical (unpaired) electrons. The second kappa shape index (κ2) is 9.82. The molecule has 7 atom stereocenters. The summed E-state index contributed by atoms with van der Waals surface area (Å²) in [6.07, 6.45) is 5.17. The van der Waals surface area contributed by atoms with E-state index in [9.17, 15) is 34.8 Å². The number of phenolic OH excluding ortho intramolecular Hbond substituents is 1. The number of aliphatic hydroxyl groups is 3. The van der Waals surface area contributed by atoms with Crippen LogP contribution in [0.4, 0.5) is 0 Å². The molecule has 5 aliphatic rings. The van der Waals surface area contributed by atoms with Gasteiger partial charge >= 0.3 is 0 Å². The lowest BCUT2D eigenvalue weighted by Crippen LogP contribution is -2.65. The summed E-state index contributed by atoms with van der Waals surface area (Å²) in [6, 6.07) is 0.880. The molecule has 11 nitrogen and oxygen atoms in total. The summed E-state index contributed by atoms with van der Waals surface area (Å²) in [7, 11) is 6.77. The molecule has 0 saturated heterocycles. The van der Waals surface area contributed by atoms with Crippen LogP contribution in [0.25, 0.3) is 5.76 Å². The molecule has 6 rings (SSSR count). The maximum absolute atomic E-state index is 14.0. The molecule has 3 saturated carbocycles. The van der Waals surface area contributed by atoms with Crippen LogP contribution >= 0.6 is 0 Å². The number of hydrogen-bond acceptors (Lipinski definition) is 10. The summed E-state index contributed by atoms with van der Waals surface area (Å²) >= 11 is 0. The van der Waals surface area contributed by atoms with E-state index in [0.717, 1.165) is 17.9 Å². The van der Waals surface area contributed by atoms with E-state index in [2.05, 4.69) is 11.9 Å². The maximum atomic E-state index is 14.0. The molecule has 3 fully saturated rings. The SMILES string of the molecule is COc1c(CN(C)[C@H]2CC3CCC2C3)cc(O)c2c1C[C@H]1C[C@H]3[C@H](N(C)C)C(=O)C(C(N)=O)=C(O)[C@@]3(O)C(=O)C1=C2O. The molecule has 5 aliphatic carbocycles. The Morgan fingerprint density at radius 3 is 2.40 bits per heavy atom. The lowest BCUT2D eigenvalue weighted by atomic mass is 9.57. The maximum Gasteiger partial charge on any atom is 0.255 e. The number of hydrogen-bond donors (Lipinski definition) is 5. The molecule has 6 N–H and O–H groups in total. The highest BCUT2D eigenvalue weighted by Crippen LogP contribution is 2.54. The molecule has 0 aromatic heterocycles. The first-order valence-electron chi connectivity index (χ1n) is 14.6. The van der Waals surface area contributed by atoms with Gasteiger partial charge in [0.25, 0.3) is 5.91 Å². The second-order valence-electron chi connectivity index (χ2n) is 13.1. The number of amides is 1. The number of aromatic hydroxyl groups is 1. The van der Waals surface area contributed by atoms with Crippen molar-refractivity contribution in [3.63, 3.8) is 0 Å². The van der Waals surface area contributed by atoms with Crippen molar-refractivity contribution in [1.82, 2.24) is 9.80 Å². The van der Waals surface area contributed by atoms with Gasteiger partial charge in [-0.05, 0) is 77.1 Å². The number of phenols is 1. The van der Waals surface area contributed by atoms with E-state index in [1.807, 2.05) is 0 Å². The molecule has 2 bridgehead atoms. The number of Topliss-reactive ketones (excluding diaryl/α,β-unsaturated/α-hetero) is 2. The molecule has 1 aromatic rings. The van der Waals surface area contributed by atoms with E-state index in [1.54, 1.807) is 20.2 Å². The minimum Gasteiger partial charge on any atom is -0.508 e. The fourth-order valence-corrected chi connectivity index (χ4v) is 8.86. The van der Waals surface area contributed by atoms with Gasteiger partial charge in [0.15, 0.2) is 11.4 Å². The average molecular weight is 582 g/mol. The van der Waals surface area contributed by atoms with Crippen molar-refractivity contribution in [2.75, 3.05) is 28.3 Å². The van der Waals surface area contributed by atoms with Crippen LogP contribution in [0, 0.1) is 23.7 Å². The fraction of sp³-hybridized carbons (Fsp3) is 0.581. The van der Waals surface area contributed by atoms with Crippen molar-refractivity contribution in [2.24, 2.45) is 29.4 Å². The third-order valence-corrected chi connectivity index (χ3v) is 10.6. The smallest absolute Gasteiger partial charge is 0.255 e. The molecule has 226 valence electrons. The first kappa shape index (κ1) is 28.7. The number of primary amides is 1. The largest absolute Gasteiger partial charge is 0.508 e. The lowest BCUT2D eigenvalue weighted by Gasteiger charge is -2.50. The predicted octanol–water partition coefficient (Wildman–Crippen LogP) is 1.59. The van der Waals surface area contributed by atoms with Crippen LogP contribution in [0.2, 0.25) is 0 Å².